The van der Waals surface area contributed by atoms with E-state index in [0.29, 0.717) is 6.04 Å². The molecule has 0 spiro atoms. The Kier molecular flexibility index (Phi) is 4.51. The molecule has 0 bridgehead atoms. The molecule has 0 heterocycles. The van der Waals surface area contributed by atoms with Crippen LogP contribution in [0.5, 0.6) is 0 Å². The number of hydrogen-bond donors (Lipinski definition) is 0. The fourth-order valence-corrected chi connectivity index (χ4v) is 2.78. The minimum atomic E-state index is 0.162. The molecule has 1 rings (SSSR count). The largest absolute Gasteiger partial charge is 0.294 e. The van der Waals surface area contributed by atoms with Gasteiger partial charge in [0.05, 0.1) is 0 Å². The zero-order valence-electron chi connectivity index (χ0n) is 14.3. The van der Waals surface area contributed by atoms with Gasteiger partial charge in [-0.05, 0) is 58.2 Å². The zero-order valence-corrected chi connectivity index (χ0v) is 14.3. The lowest BCUT2D eigenvalue weighted by molar-refractivity contribution is 0.0465. The summed E-state index contributed by atoms with van der Waals surface area (Å²) in [5.74, 6) is 0. The zero-order chi connectivity index (χ0) is 15.0. The average molecular weight is 261 g/mol. The van der Waals surface area contributed by atoms with Crippen LogP contribution < -0.4 is 0 Å². The Morgan fingerprint density at radius 2 is 1.47 bits per heavy atom. The van der Waals surface area contributed by atoms with Gasteiger partial charge >= 0.3 is 0 Å². The van der Waals surface area contributed by atoms with Gasteiger partial charge in [-0.15, -0.1) is 0 Å². The van der Waals surface area contributed by atoms with Gasteiger partial charge in [0.2, 0.25) is 0 Å². The predicted molar refractivity (Wildman–Crippen MR) is 85.6 cm³/mol. The lowest BCUT2D eigenvalue weighted by Gasteiger charge is -2.46. The maximum absolute atomic E-state index is 2.50. The van der Waals surface area contributed by atoms with Gasteiger partial charge in [-0.2, -0.15) is 0 Å². The summed E-state index contributed by atoms with van der Waals surface area (Å²) in [6, 6.07) is 7.26. The van der Waals surface area contributed by atoms with Crippen molar-refractivity contribution >= 4 is 0 Å². The molecule has 1 aromatic rings. The first-order chi connectivity index (χ1) is 8.44. The molecule has 0 aliphatic rings. The second-order valence-corrected chi connectivity index (χ2v) is 7.91. The quantitative estimate of drug-likeness (QED) is 0.714. The van der Waals surface area contributed by atoms with Crippen LogP contribution in [0.4, 0.5) is 0 Å². The summed E-state index contributed by atoms with van der Waals surface area (Å²) in [5.41, 5.74) is 4.57. The monoisotopic (exact) mass is 261 g/mol. The number of benzene rings is 1. The Bertz CT molecular complexity index is 432. The van der Waals surface area contributed by atoms with Crippen molar-refractivity contribution in [3.63, 3.8) is 0 Å². The lowest BCUT2D eigenvalue weighted by atomic mass is 9.78. The van der Waals surface area contributed by atoms with Crippen LogP contribution in [0.2, 0.25) is 0 Å². The van der Waals surface area contributed by atoms with Gasteiger partial charge in [0.25, 0.3) is 0 Å². The molecule has 0 aliphatic heterocycles. The Morgan fingerprint density at radius 3 is 1.84 bits per heavy atom. The Hall–Kier alpha value is -0.820. The number of aryl methyl sites for hydroxylation is 2. The molecule has 0 saturated heterocycles. The van der Waals surface area contributed by atoms with E-state index >= 15 is 0 Å². The summed E-state index contributed by atoms with van der Waals surface area (Å²) in [6.07, 6.45) is 0. The normalized spacial score (nSPS) is 14.8. The van der Waals surface area contributed by atoms with E-state index in [1.807, 2.05) is 0 Å². The summed E-state index contributed by atoms with van der Waals surface area (Å²) >= 11 is 0. The fraction of sp³-hybridized carbons (Fsp3) is 0.667. The highest BCUT2D eigenvalue weighted by Crippen LogP contribution is 2.41. The van der Waals surface area contributed by atoms with Crippen LogP contribution in [-0.4, -0.2) is 17.5 Å². The molecule has 0 aliphatic carbocycles. The van der Waals surface area contributed by atoms with Crippen molar-refractivity contribution in [3.8, 4) is 0 Å². The third-order valence-corrected chi connectivity index (χ3v) is 3.99. The highest BCUT2D eigenvalue weighted by atomic mass is 15.2. The third-order valence-electron chi connectivity index (χ3n) is 3.99. The molecule has 0 amide bonds. The average Bonchev–Trinajstić information content (AvgIpc) is 2.18. The van der Waals surface area contributed by atoms with Crippen LogP contribution in [0.25, 0.3) is 0 Å². The highest BCUT2D eigenvalue weighted by Gasteiger charge is 2.35. The second-order valence-electron chi connectivity index (χ2n) is 7.91. The first kappa shape index (κ1) is 16.2. The molecule has 1 aromatic carbocycles. The number of rotatable bonds is 2. The molecule has 1 nitrogen and oxygen atoms in total. The molecular formula is C18H31N. The maximum Gasteiger partial charge on any atom is 0.0401 e. The van der Waals surface area contributed by atoms with Crippen LogP contribution in [0.15, 0.2) is 18.2 Å². The minimum absolute atomic E-state index is 0.162. The molecule has 0 saturated carbocycles. The van der Waals surface area contributed by atoms with E-state index in [0.717, 1.165) is 0 Å². The van der Waals surface area contributed by atoms with Gasteiger partial charge in [0, 0.05) is 11.6 Å². The van der Waals surface area contributed by atoms with Gasteiger partial charge in [-0.1, -0.05) is 44.5 Å². The summed E-state index contributed by atoms with van der Waals surface area (Å²) < 4.78 is 0. The Balaban J connectivity index is 3.33. The molecule has 108 valence electrons. The van der Waals surface area contributed by atoms with Gasteiger partial charge in [-0.3, -0.25) is 4.90 Å². The summed E-state index contributed by atoms with van der Waals surface area (Å²) in [5, 5.41) is 0. The number of nitrogens with zero attached hydrogens (tertiary/aromatic N) is 1. The van der Waals surface area contributed by atoms with Crippen molar-refractivity contribution in [2.24, 2.45) is 5.41 Å². The lowest BCUT2D eigenvalue weighted by Crippen LogP contribution is -2.45. The van der Waals surface area contributed by atoms with Gasteiger partial charge in [0.1, 0.15) is 0 Å². The second kappa shape index (κ2) is 5.28. The van der Waals surface area contributed by atoms with E-state index in [9.17, 15) is 0 Å². The standard InChI is InChI=1S/C18H31N/c1-13-10-11-15(14(2)12-13)16(17(3,4)5)19(9)18(6,7)8/h10-12,16H,1-9H3. The van der Waals surface area contributed by atoms with Crippen LogP contribution in [-0.2, 0) is 0 Å². The Labute approximate surface area is 120 Å². The molecule has 1 heteroatoms. The van der Waals surface area contributed by atoms with Crippen LogP contribution in [0.1, 0.15) is 64.3 Å². The van der Waals surface area contributed by atoms with E-state index < -0.39 is 0 Å². The van der Waals surface area contributed by atoms with Crippen molar-refractivity contribution in [1.29, 1.82) is 0 Å². The molecule has 1 unspecified atom stereocenters. The maximum atomic E-state index is 2.50. The SMILES string of the molecule is Cc1ccc(C(N(C)C(C)(C)C)C(C)(C)C)c(C)c1. The van der Waals surface area contributed by atoms with Crippen molar-refractivity contribution in [2.45, 2.75) is 67.0 Å². The molecule has 0 N–H and O–H groups in total. The van der Waals surface area contributed by atoms with Crippen LogP contribution in [0.3, 0.4) is 0 Å². The molecular weight excluding hydrogens is 230 g/mol. The van der Waals surface area contributed by atoms with Gasteiger partial charge in [0.15, 0.2) is 0 Å². The molecule has 0 aromatic heterocycles. The van der Waals surface area contributed by atoms with E-state index in [1.54, 1.807) is 0 Å². The third kappa shape index (κ3) is 3.82. The highest BCUT2D eigenvalue weighted by molar-refractivity contribution is 5.34. The fourth-order valence-electron chi connectivity index (χ4n) is 2.78. The summed E-state index contributed by atoms with van der Waals surface area (Å²) in [7, 11) is 2.25. The van der Waals surface area contributed by atoms with E-state index in [-0.39, 0.29) is 11.0 Å². The molecule has 1 atom stereocenters. The van der Waals surface area contributed by atoms with Gasteiger partial charge in [-0.25, -0.2) is 0 Å². The van der Waals surface area contributed by atoms with Crippen molar-refractivity contribution in [3.05, 3.63) is 34.9 Å². The summed E-state index contributed by atoms with van der Waals surface area (Å²) in [4.78, 5) is 2.50. The van der Waals surface area contributed by atoms with E-state index in [4.69, 9.17) is 0 Å². The first-order valence-corrected chi connectivity index (χ1v) is 7.24. The Morgan fingerprint density at radius 1 is 0.947 bits per heavy atom. The van der Waals surface area contributed by atoms with E-state index in [1.165, 1.54) is 16.7 Å². The molecule has 0 fully saturated rings. The number of hydrogen-bond acceptors (Lipinski definition) is 1. The smallest absolute Gasteiger partial charge is 0.0401 e. The minimum Gasteiger partial charge on any atom is -0.294 e. The topological polar surface area (TPSA) is 3.24 Å². The first-order valence-electron chi connectivity index (χ1n) is 7.24. The molecule has 19 heavy (non-hydrogen) atoms. The molecule has 0 radical (unpaired) electrons. The van der Waals surface area contributed by atoms with Gasteiger partial charge < -0.3 is 0 Å². The van der Waals surface area contributed by atoms with Crippen molar-refractivity contribution in [1.82, 2.24) is 4.90 Å². The van der Waals surface area contributed by atoms with Crippen LogP contribution >= 0.6 is 0 Å². The van der Waals surface area contributed by atoms with E-state index in [2.05, 4.69) is 85.5 Å². The van der Waals surface area contributed by atoms with Crippen LogP contribution in [0, 0.1) is 19.3 Å². The van der Waals surface area contributed by atoms with Crippen molar-refractivity contribution < 1.29 is 0 Å². The van der Waals surface area contributed by atoms with Crippen molar-refractivity contribution in [2.75, 3.05) is 7.05 Å². The summed E-state index contributed by atoms with van der Waals surface area (Å²) in [6.45, 7) is 18.3. The predicted octanol–water partition coefficient (Wildman–Crippen LogP) is 5.12.